The number of hydrogen-bond acceptors (Lipinski definition) is 4. The molecule has 100 valence electrons. The number of carbonyl (C=O) groups is 1. The summed E-state index contributed by atoms with van der Waals surface area (Å²) in [6, 6.07) is 1.67. The molecule has 0 saturated heterocycles. The first-order chi connectivity index (χ1) is 8.41. The van der Waals surface area contributed by atoms with Crippen molar-refractivity contribution in [2.24, 2.45) is 0 Å². The number of rotatable bonds is 6. The maximum Gasteiger partial charge on any atom is 0.341 e. The third kappa shape index (κ3) is 4.00. The Hall–Kier alpha value is -1.62. The minimum atomic E-state index is -0.998. The van der Waals surface area contributed by atoms with Crippen LogP contribution in [0.4, 0.5) is 0 Å². The molecule has 1 aromatic rings. The van der Waals surface area contributed by atoms with Crippen LogP contribution in [0, 0.1) is 13.8 Å². The lowest BCUT2D eigenvalue weighted by molar-refractivity contribution is 0.0690. The third-order valence-corrected chi connectivity index (χ3v) is 2.51. The van der Waals surface area contributed by atoms with Gasteiger partial charge in [-0.15, -0.1) is 0 Å². The molecule has 0 radical (unpaired) electrons. The van der Waals surface area contributed by atoms with E-state index in [4.69, 9.17) is 9.84 Å². The van der Waals surface area contributed by atoms with Gasteiger partial charge in [-0.05, 0) is 34.4 Å². The maximum atomic E-state index is 11.2. The molecule has 5 nitrogen and oxygen atoms in total. The van der Waals surface area contributed by atoms with E-state index in [2.05, 4.69) is 9.88 Å². The highest BCUT2D eigenvalue weighted by atomic mass is 16.5. The first kappa shape index (κ1) is 14.4. The summed E-state index contributed by atoms with van der Waals surface area (Å²) < 4.78 is 5.56. The van der Waals surface area contributed by atoms with E-state index >= 15 is 0 Å². The summed E-state index contributed by atoms with van der Waals surface area (Å²) >= 11 is 0. The van der Waals surface area contributed by atoms with E-state index in [1.54, 1.807) is 13.0 Å². The zero-order valence-electron chi connectivity index (χ0n) is 11.4. The standard InChI is InChI=1S/C13H20N2O3/c1-9-8-11(18-7-5-6-15(3)4)12(13(16)17)10(2)14-9/h8H,5-7H2,1-4H3,(H,16,17). The molecule has 0 bridgehead atoms. The number of hydrogen-bond donors (Lipinski definition) is 1. The molecule has 0 aliphatic carbocycles. The Labute approximate surface area is 107 Å². The predicted octanol–water partition coefficient (Wildman–Crippen LogP) is 1.73. The second kappa shape index (κ2) is 6.35. The lowest BCUT2D eigenvalue weighted by Crippen LogP contribution is -2.16. The summed E-state index contributed by atoms with van der Waals surface area (Å²) in [5.74, 6) is -0.589. The monoisotopic (exact) mass is 252 g/mol. The molecule has 0 fully saturated rings. The van der Waals surface area contributed by atoms with Crippen molar-refractivity contribution in [3.63, 3.8) is 0 Å². The normalized spacial score (nSPS) is 10.7. The molecule has 1 N–H and O–H groups in total. The van der Waals surface area contributed by atoms with Crippen molar-refractivity contribution >= 4 is 5.97 Å². The average molecular weight is 252 g/mol. The molecule has 0 unspecified atom stereocenters. The molecule has 18 heavy (non-hydrogen) atoms. The number of aryl methyl sites for hydroxylation is 2. The van der Waals surface area contributed by atoms with Gasteiger partial charge in [0.2, 0.25) is 0 Å². The van der Waals surface area contributed by atoms with Crippen LogP contribution in [0.2, 0.25) is 0 Å². The molecule has 1 aromatic heterocycles. The fraction of sp³-hybridized carbons (Fsp3) is 0.538. The summed E-state index contributed by atoms with van der Waals surface area (Å²) in [6.45, 7) is 4.92. The topological polar surface area (TPSA) is 62.7 Å². The summed E-state index contributed by atoms with van der Waals surface area (Å²) in [6.07, 6.45) is 0.854. The number of ether oxygens (including phenoxy) is 1. The van der Waals surface area contributed by atoms with Gasteiger partial charge in [-0.1, -0.05) is 0 Å². The molecule has 1 rings (SSSR count). The number of aromatic carboxylic acids is 1. The second-order valence-corrected chi connectivity index (χ2v) is 4.53. The van der Waals surface area contributed by atoms with Crippen molar-refractivity contribution in [3.8, 4) is 5.75 Å². The first-order valence-electron chi connectivity index (χ1n) is 5.91. The van der Waals surface area contributed by atoms with Crippen molar-refractivity contribution in [2.75, 3.05) is 27.2 Å². The van der Waals surface area contributed by atoms with Crippen LogP contribution < -0.4 is 4.74 Å². The highest BCUT2D eigenvalue weighted by molar-refractivity contribution is 5.92. The van der Waals surface area contributed by atoms with Crippen molar-refractivity contribution < 1.29 is 14.6 Å². The van der Waals surface area contributed by atoms with Crippen LogP contribution in [0.25, 0.3) is 0 Å². The Bertz CT molecular complexity index is 430. The Morgan fingerprint density at radius 1 is 1.44 bits per heavy atom. The van der Waals surface area contributed by atoms with Crippen molar-refractivity contribution in [1.82, 2.24) is 9.88 Å². The number of carboxylic acids is 1. The van der Waals surface area contributed by atoms with Crippen LogP contribution >= 0.6 is 0 Å². The fourth-order valence-corrected chi connectivity index (χ4v) is 1.73. The minimum absolute atomic E-state index is 0.158. The van der Waals surface area contributed by atoms with Gasteiger partial charge in [0.25, 0.3) is 0 Å². The van der Waals surface area contributed by atoms with Crippen LogP contribution in [0.15, 0.2) is 6.07 Å². The van der Waals surface area contributed by atoms with E-state index in [0.717, 1.165) is 18.7 Å². The summed E-state index contributed by atoms with van der Waals surface area (Å²) in [4.78, 5) is 17.4. The SMILES string of the molecule is Cc1cc(OCCCN(C)C)c(C(=O)O)c(C)n1. The number of carboxylic acid groups (broad SMARTS) is 1. The fourth-order valence-electron chi connectivity index (χ4n) is 1.73. The van der Waals surface area contributed by atoms with Crippen LogP contribution in [0.1, 0.15) is 28.2 Å². The molecule has 0 spiro atoms. The van der Waals surface area contributed by atoms with Crippen molar-refractivity contribution in [2.45, 2.75) is 20.3 Å². The molecule has 0 amide bonds. The average Bonchev–Trinajstić information content (AvgIpc) is 2.22. The van der Waals surface area contributed by atoms with Gasteiger partial charge in [0, 0.05) is 18.3 Å². The Morgan fingerprint density at radius 3 is 2.67 bits per heavy atom. The highest BCUT2D eigenvalue weighted by Crippen LogP contribution is 2.22. The van der Waals surface area contributed by atoms with Gasteiger partial charge in [-0.25, -0.2) is 4.79 Å². The second-order valence-electron chi connectivity index (χ2n) is 4.53. The van der Waals surface area contributed by atoms with E-state index in [0.29, 0.717) is 18.1 Å². The quantitative estimate of drug-likeness (QED) is 0.781. The summed E-state index contributed by atoms with van der Waals surface area (Å²) in [5.41, 5.74) is 1.41. The van der Waals surface area contributed by atoms with Crippen molar-refractivity contribution in [3.05, 3.63) is 23.0 Å². The third-order valence-electron chi connectivity index (χ3n) is 2.51. The van der Waals surface area contributed by atoms with Gasteiger partial charge < -0.3 is 14.7 Å². The van der Waals surface area contributed by atoms with Gasteiger partial charge in [0.1, 0.15) is 11.3 Å². The molecule has 0 aromatic carbocycles. The van der Waals surface area contributed by atoms with E-state index in [9.17, 15) is 4.79 Å². The zero-order valence-corrected chi connectivity index (χ0v) is 11.4. The van der Waals surface area contributed by atoms with Gasteiger partial charge in [-0.3, -0.25) is 4.98 Å². The van der Waals surface area contributed by atoms with Crippen LogP contribution in [-0.2, 0) is 0 Å². The number of nitrogens with zero attached hydrogens (tertiary/aromatic N) is 2. The van der Waals surface area contributed by atoms with Gasteiger partial charge in [0.15, 0.2) is 0 Å². The molecule has 5 heteroatoms. The van der Waals surface area contributed by atoms with E-state index in [1.165, 1.54) is 0 Å². The van der Waals surface area contributed by atoms with Gasteiger partial charge in [-0.2, -0.15) is 0 Å². The van der Waals surface area contributed by atoms with E-state index < -0.39 is 5.97 Å². The molecule has 0 saturated carbocycles. The smallest absolute Gasteiger partial charge is 0.341 e. The molecular formula is C13H20N2O3. The van der Waals surface area contributed by atoms with E-state index in [-0.39, 0.29) is 5.56 Å². The molecule has 1 heterocycles. The van der Waals surface area contributed by atoms with Crippen LogP contribution in [-0.4, -0.2) is 48.2 Å². The van der Waals surface area contributed by atoms with Gasteiger partial charge in [0.05, 0.1) is 12.3 Å². The summed E-state index contributed by atoms with van der Waals surface area (Å²) in [7, 11) is 3.98. The molecule has 0 atom stereocenters. The Morgan fingerprint density at radius 2 is 2.11 bits per heavy atom. The van der Waals surface area contributed by atoms with Crippen LogP contribution in [0.3, 0.4) is 0 Å². The minimum Gasteiger partial charge on any atom is -0.492 e. The zero-order chi connectivity index (χ0) is 13.7. The Kier molecular flexibility index (Phi) is 5.09. The lowest BCUT2D eigenvalue weighted by atomic mass is 10.1. The lowest BCUT2D eigenvalue weighted by Gasteiger charge is -2.13. The van der Waals surface area contributed by atoms with Gasteiger partial charge >= 0.3 is 5.97 Å². The molecular weight excluding hydrogens is 232 g/mol. The van der Waals surface area contributed by atoms with E-state index in [1.807, 2.05) is 21.0 Å². The number of aromatic nitrogens is 1. The first-order valence-corrected chi connectivity index (χ1v) is 5.91. The van der Waals surface area contributed by atoms with Crippen molar-refractivity contribution in [1.29, 1.82) is 0 Å². The molecule has 0 aliphatic heterocycles. The molecule has 0 aliphatic rings. The Balaban J connectivity index is 2.77. The predicted molar refractivity (Wildman–Crippen MR) is 69.3 cm³/mol. The maximum absolute atomic E-state index is 11.2. The number of pyridine rings is 1. The summed E-state index contributed by atoms with van der Waals surface area (Å²) in [5, 5.41) is 9.15. The highest BCUT2D eigenvalue weighted by Gasteiger charge is 2.16. The largest absolute Gasteiger partial charge is 0.492 e. The van der Waals surface area contributed by atoms with Crippen LogP contribution in [0.5, 0.6) is 5.75 Å².